The Bertz CT molecular complexity index is 479. The van der Waals surface area contributed by atoms with Crippen LogP contribution in [0.1, 0.15) is 56.3 Å². The zero-order valence-electron chi connectivity index (χ0n) is 13.4. The maximum absolute atomic E-state index is 12.3. The maximum atomic E-state index is 12.3. The molecule has 0 spiro atoms. The molecule has 2 N–H and O–H groups in total. The zero-order valence-corrected chi connectivity index (χ0v) is 13.4. The summed E-state index contributed by atoms with van der Waals surface area (Å²) in [6.45, 7) is 2.44. The van der Waals surface area contributed by atoms with E-state index in [1.165, 1.54) is 37.8 Å². The molecule has 0 saturated heterocycles. The number of H-pyrrole nitrogens is 1. The Labute approximate surface area is 132 Å². The largest absolute Gasteiger partial charge is 0.348 e. The molecule has 1 aliphatic heterocycles. The fourth-order valence-corrected chi connectivity index (χ4v) is 3.75. The minimum atomic E-state index is 0.106. The lowest BCUT2D eigenvalue weighted by Gasteiger charge is -2.26. The number of nitrogens with zero attached hydrogens (tertiary/aromatic N) is 2. The lowest BCUT2D eigenvalue weighted by molar-refractivity contribution is 0.195. The summed E-state index contributed by atoms with van der Waals surface area (Å²) < 4.78 is 0. The van der Waals surface area contributed by atoms with E-state index in [2.05, 4.69) is 15.3 Å². The first kappa shape index (κ1) is 15.4. The second-order valence-electron chi connectivity index (χ2n) is 6.69. The van der Waals surface area contributed by atoms with E-state index < -0.39 is 0 Å². The van der Waals surface area contributed by atoms with Gasteiger partial charge >= 0.3 is 6.03 Å². The molecule has 0 atom stereocenters. The molecule has 2 heterocycles. The van der Waals surface area contributed by atoms with Crippen LogP contribution in [0.25, 0.3) is 0 Å². The normalized spacial score (nSPS) is 20.1. The highest BCUT2D eigenvalue weighted by atomic mass is 16.2. The molecule has 1 fully saturated rings. The summed E-state index contributed by atoms with van der Waals surface area (Å²) in [7, 11) is 0. The number of aryl methyl sites for hydroxylation is 1. The Morgan fingerprint density at radius 1 is 1.23 bits per heavy atom. The second kappa shape index (κ2) is 7.65. The van der Waals surface area contributed by atoms with E-state index in [4.69, 9.17) is 0 Å². The van der Waals surface area contributed by atoms with Crippen LogP contribution in [0.15, 0.2) is 6.33 Å². The molecule has 1 saturated carbocycles. The average molecular weight is 304 g/mol. The minimum Gasteiger partial charge on any atom is -0.348 e. The summed E-state index contributed by atoms with van der Waals surface area (Å²) in [6, 6.07) is 0.106. The molecule has 0 radical (unpaired) electrons. The van der Waals surface area contributed by atoms with Crippen LogP contribution >= 0.6 is 0 Å². The number of hydrogen-bond acceptors (Lipinski definition) is 2. The van der Waals surface area contributed by atoms with Crippen LogP contribution in [0, 0.1) is 5.92 Å². The molecule has 0 bridgehead atoms. The molecule has 0 aromatic carbocycles. The Kier molecular flexibility index (Phi) is 5.35. The van der Waals surface area contributed by atoms with E-state index in [1.807, 2.05) is 4.90 Å². The van der Waals surface area contributed by atoms with Crippen LogP contribution in [0.5, 0.6) is 0 Å². The number of aromatic nitrogens is 2. The molecule has 122 valence electrons. The first-order chi connectivity index (χ1) is 10.8. The first-order valence-corrected chi connectivity index (χ1v) is 8.87. The number of fused-ring (bicyclic) bond motifs is 1. The summed E-state index contributed by atoms with van der Waals surface area (Å²) >= 11 is 0. The summed E-state index contributed by atoms with van der Waals surface area (Å²) in [5.74, 6) is 0.827. The lowest BCUT2D eigenvalue weighted by Crippen LogP contribution is -2.43. The fourth-order valence-electron chi connectivity index (χ4n) is 3.75. The molecule has 22 heavy (non-hydrogen) atoms. The molecule has 2 amide bonds. The third kappa shape index (κ3) is 4.02. The van der Waals surface area contributed by atoms with Crippen molar-refractivity contribution in [3.05, 3.63) is 17.7 Å². The summed E-state index contributed by atoms with van der Waals surface area (Å²) in [6.07, 6.45) is 12.6. The van der Waals surface area contributed by atoms with Gasteiger partial charge in [-0.05, 0) is 25.2 Å². The van der Waals surface area contributed by atoms with Crippen molar-refractivity contribution in [3.8, 4) is 0 Å². The monoisotopic (exact) mass is 304 g/mol. The molecule has 2 aliphatic rings. The Balaban J connectivity index is 1.42. The topological polar surface area (TPSA) is 61.0 Å². The van der Waals surface area contributed by atoms with Crippen LogP contribution in [0.2, 0.25) is 0 Å². The molecule has 3 rings (SSSR count). The minimum absolute atomic E-state index is 0.106. The van der Waals surface area contributed by atoms with E-state index in [1.54, 1.807) is 6.33 Å². The van der Waals surface area contributed by atoms with Crippen molar-refractivity contribution in [3.63, 3.8) is 0 Å². The second-order valence-corrected chi connectivity index (χ2v) is 6.69. The number of hydrogen-bond donors (Lipinski definition) is 2. The van der Waals surface area contributed by atoms with Gasteiger partial charge in [-0.3, -0.25) is 0 Å². The van der Waals surface area contributed by atoms with Crippen molar-refractivity contribution in [1.82, 2.24) is 20.2 Å². The van der Waals surface area contributed by atoms with Crippen LogP contribution in [0.4, 0.5) is 4.79 Å². The highest BCUT2D eigenvalue weighted by Gasteiger charge is 2.19. The average Bonchev–Trinajstić information content (AvgIpc) is 2.95. The van der Waals surface area contributed by atoms with Crippen molar-refractivity contribution >= 4 is 6.03 Å². The number of carbonyl (C=O) groups excluding carboxylic acids is 1. The zero-order chi connectivity index (χ0) is 15.2. The first-order valence-electron chi connectivity index (χ1n) is 8.87. The maximum Gasteiger partial charge on any atom is 0.317 e. The van der Waals surface area contributed by atoms with Gasteiger partial charge < -0.3 is 15.2 Å². The summed E-state index contributed by atoms with van der Waals surface area (Å²) in [5.41, 5.74) is 2.37. The van der Waals surface area contributed by atoms with Gasteiger partial charge in [-0.15, -0.1) is 0 Å². The van der Waals surface area contributed by atoms with E-state index in [0.717, 1.165) is 56.9 Å². The SMILES string of the molecule is O=C(NCCC1CCCCC1)N1CCCc2[nH]cnc2CC1. The number of amides is 2. The molecule has 1 aromatic heterocycles. The predicted molar refractivity (Wildman–Crippen MR) is 86.8 cm³/mol. The predicted octanol–water partition coefficient (Wildman–Crippen LogP) is 2.88. The van der Waals surface area contributed by atoms with Crippen molar-refractivity contribution < 1.29 is 4.79 Å². The molecular weight excluding hydrogens is 276 g/mol. The van der Waals surface area contributed by atoms with Crippen molar-refractivity contribution in [1.29, 1.82) is 0 Å². The van der Waals surface area contributed by atoms with Gasteiger partial charge in [-0.2, -0.15) is 0 Å². The number of carbonyl (C=O) groups is 1. The standard InChI is InChI=1S/C17H28N4O/c22-17(18-10-8-14-5-2-1-3-6-14)21-11-4-7-15-16(9-12-21)20-13-19-15/h13-14H,1-12H2,(H,18,22)(H,19,20). The van der Waals surface area contributed by atoms with Gasteiger partial charge in [0.2, 0.25) is 0 Å². The molecular formula is C17H28N4O. The van der Waals surface area contributed by atoms with Gasteiger partial charge in [-0.25, -0.2) is 9.78 Å². The fraction of sp³-hybridized carbons (Fsp3) is 0.765. The Morgan fingerprint density at radius 2 is 2.09 bits per heavy atom. The molecule has 0 unspecified atom stereocenters. The van der Waals surface area contributed by atoms with Gasteiger partial charge in [0.15, 0.2) is 0 Å². The van der Waals surface area contributed by atoms with Gasteiger partial charge in [0.05, 0.1) is 12.0 Å². The van der Waals surface area contributed by atoms with Crippen LogP contribution in [-0.4, -0.2) is 40.5 Å². The van der Waals surface area contributed by atoms with Crippen LogP contribution in [0.3, 0.4) is 0 Å². The third-order valence-corrected chi connectivity index (χ3v) is 5.12. The van der Waals surface area contributed by atoms with Gasteiger partial charge in [0.1, 0.15) is 0 Å². The Hall–Kier alpha value is -1.52. The van der Waals surface area contributed by atoms with Crippen LogP contribution in [-0.2, 0) is 12.8 Å². The molecule has 1 aliphatic carbocycles. The molecule has 5 heteroatoms. The van der Waals surface area contributed by atoms with Crippen molar-refractivity contribution in [2.45, 2.75) is 57.8 Å². The van der Waals surface area contributed by atoms with E-state index in [-0.39, 0.29) is 6.03 Å². The lowest BCUT2D eigenvalue weighted by atomic mass is 9.87. The molecule has 1 aromatic rings. The summed E-state index contributed by atoms with van der Waals surface area (Å²) in [5, 5.41) is 3.12. The smallest absolute Gasteiger partial charge is 0.317 e. The number of aromatic amines is 1. The number of nitrogens with one attached hydrogen (secondary N) is 2. The number of imidazole rings is 1. The van der Waals surface area contributed by atoms with Crippen molar-refractivity contribution in [2.75, 3.05) is 19.6 Å². The third-order valence-electron chi connectivity index (χ3n) is 5.12. The van der Waals surface area contributed by atoms with Gasteiger partial charge in [-0.1, -0.05) is 32.1 Å². The molecule has 5 nitrogen and oxygen atoms in total. The summed E-state index contributed by atoms with van der Waals surface area (Å²) in [4.78, 5) is 21.9. The van der Waals surface area contributed by atoms with Gasteiger partial charge in [0, 0.05) is 31.7 Å². The quantitative estimate of drug-likeness (QED) is 0.902. The van der Waals surface area contributed by atoms with Crippen LogP contribution < -0.4 is 5.32 Å². The number of rotatable bonds is 3. The van der Waals surface area contributed by atoms with E-state index >= 15 is 0 Å². The van der Waals surface area contributed by atoms with E-state index in [9.17, 15) is 4.79 Å². The number of urea groups is 1. The van der Waals surface area contributed by atoms with Crippen molar-refractivity contribution in [2.24, 2.45) is 5.92 Å². The van der Waals surface area contributed by atoms with E-state index in [0.29, 0.717) is 0 Å². The van der Waals surface area contributed by atoms with Gasteiger partial charge in [0.25, 0.3) is 0 Å². The highest BCUT2D eigenvalue weighted by Crippen LogP contribution is 2.25. The Morgan fingerprint density at radius 3 is 2.95 bits per heavy atom. The highest BCUT2D eigenvalue weighted by molar-refractivity contribution is 5.74.